The number of fused-ring (bicyclic) bond motifs is 1. The summed E-state index contributed by atoms with van der Waals surface area (Å²) in [5.41, 5.74) is -1.13. The number of carbonyl (C=O) groups excluding carboxylic acids is 1. The van der Waals surface area contributed by atoms with Gasteiger partial charge in [0.05, 0.1) is 19.1 Å². The Morgan fingerprint density at radius 1 is 1.45 bits per heavy atom. The maximum Gasteiger partial charge on any atom is 0.420 e. The largest absolute Gasteiger partial charge is 0.420 e. The maximum atomic E-state index is 12.9. The van der Waals surface area contributed by atoms with Gasteiger partial charge in [-0.2, -0.15) is 13.2 Å². The van der Waals surface area contributed by atoms with Gasteiger partial charge in [0.15, 0.2) is 11.5 Å². The van der Waals surface area contributed by atoms with Crippen LogP contribution in [0.4, 0.5) is 13.2 Å². The molecule has 0 spiro atoms. The summed E-state index contributed by atoms with van der Waals surface area (Å²) in [6.45, 7) is 0.920. The second kappa shape index (κ2) is 5.56. The lowest BCUT2D eigenvalue weighted by molar-refractivity contribution is -0.136. The van der Waals surface area contributed by atoms with Crippen molar-refractivity contribution in [1.82, 2.24) is 19.9 Å². The van der Waals surface area contributed by atoms with Crippen LogP contribution >= 0.6 is 0 Å². The van der Waals surface area contributed by atoms with Gasteiger partial charge in [-0.05, 0) is 18.6 Å². The summed E-state index contributed by atoms with van der Waals surface area (Å²) in [4.78, 5) is 11.9. The zero-order valence-corrected chi connectivity index (χ0v) is 11.4. The van der Waals surface area contributed by atoms with Crippen LogP contribution in [0.5, 0.6) is 0 Å². The highest BCUT2D eigenvalue weighted by atomic mass is 19.4. The first-order valence-electron chi connectivity index (χ1n) is 6.72. The van der Waals surface area contributed by atoms with Crippen LogP contribution in [0.25, 0.3) is 5.65 Å². The van der Waals surface area contributed by atoms with Gasteiger partial charge in [0.1, 0.15) is 5.56 Å². The molecule has 1 fully saturated rings. The van der Waals surface area contributed by atoms with Crippen LogP contribution in [0.15, 0.2) is 18.3 Å². The molecule has 1 N–H and O–H groups in total. The molecule has 2 aromatic rings. The van der Waals surface area contributed by atoms with Crippen molar-refractivity contribution in [3.05, 3.63) is 29.7 Å². The molecule has 0 bridgehead atoms. The number of hydrogen-bond acceptors (Lipinski definition) is 4. The minimum Gasteiger partial charge on any atom is -0.381 e. The molecule has 0 aromatic carbocycles. The van der Waals surface area contributed by atoms with Crippen LogP contribution in [-0.4, -0.2) is 33.7 Å². The summed E-state index contributed by atoms with van der Waals surface area (Å²) in [5, 5.41) is 9.97. The average Bonchev–Trinajstić information content (AvgIpc) is 3.13. The maximum absolute atomic E-state index is 12.9. The van der Waals surface area contributed by atoms with Crippen molar-refractivity contribution in [2.24, 2.45) is 5.92 Å². The summed E-state index contributed by atoms with van der Waals surface area (Å²) in [6, 6.07) is 2.22. The van der Waals surface area contributed by atoms with Crippen molar-refractivity contribution in [2.75, 3.05) is 13.2 Å². The van der Waals surface area contributed by atoms with Gasteiger partial charge in [0.25, 0.3) is 0 Å². The smallest absolute Gasteiger partial charge is 0.381 e. The first-order chi connectivity index (χ1) is 10.5. The van der Waals surface area contributed by atoms with Crippen molar-refractivity contribution in [2.45, 2.75) is 19.1 Å². The molecule has 1 aliphatic rings. The molecule has 3 rings (SSSR count). The number of rotatable bonds is 3. The molecule has 0 aliphatic carbocycles. The molecule has 6 nitrogen and oxygen atoms in total. The Morgan fingerprint density at radius 3 is 2.95 bits per heavy atom. The average molecular weight is 314 g/mol. The number of pyridine rings is 1. The number of nitrogens with zero attached hydrogens (tertiary/aromatic N) is 3. The van der Waals surface area contributed by atoms with Gasteiger partial charge < -0.3 is 10.1 Å². The summed E-state index contributed by atoms with van der Waals surface area (Å²) in [5.74, 6) is -0.167. The van der Waals surface area contributed by atoms with Crippen molar-refractivity contribution >= 4 is 11.6 Å². The number of halogens is 3. The fourth-order valence-corrected chi connectivity index (χ4v) is 2.36. The Balaban J connectivity index is 1.79. The van der Waals surface area contributed by atoms with Crippen LogP contribution in [0.1, 0.15) is 17.8 Å². The van der Waals surface area contributed by atoms with Gasteiger partial charge in [0.2, 0.25) is 5.91 Å². The van der Waals surface area contributed by atoms with E-state index in [1.807, 2.05) is 0 Å². The van der Waals surface area contributed by atoms with Crippen molar-refractivity contribution in [3.8, 4) is 0 Å². The van der Waals surface area contributed by atoms with Crippen LogP contribution in [0.2, 0.25) is 0 Å². The van der Waals surface area contributed by atoms with E-state index in [-0.39, 0.29) is 29.8 Å². The standard InChI is InChI=1S/C13H13F3N4O2/c14-13(15,16)9-2-1-4-20-10(18-19-11(9)20)6-17-12(21)8-3-5-22-7-8/h1-2,4,8H,3,5-7H2,(H,17,21). The Labute approximate surface area is 123 Å². The van der Waals surface area contributed by atoms with E-state index in [1.54, 1.807) is 0 Å². The normalized spacial score (nSPS) is 18.8. The first-order valence-corrected chi connectivity index (χ1v) is 6.72. The Kier molecular flexibility index (Phi) is 3.73. The monoisotopic (exact) mass is 314 g/mol. The van der Waals surface area contributed by atoms with Crippen LogP contribution in [-0.2, 0) is 22.3 Å². The van der Waals surface area contributed by atoms with E-state index in [0.717, 1.165) is 6.07 Å². The molecule has 1 atom stereocenters. The van der Waals surface area contributed by atoms with E-state index in [9.17, 15) is 18.0 Å². The number of carbonyl (C=O) groups is 1. The second-order valence-electron chi connectivity index (χ2n) is 5.01. The van der Waals surface area contributed by atoms with Gasteiger partial charge in [-0.1, -0.05) is 0 Å². The predicted octanol–water partition coefficient (Wildman–Crippen LogP) is 1.40. The third-order valence-corrected chi connectivity index (χ3v) is 3.53. The molecule has 22 heavy (non-hydrogen) atoms. The lowest BCUT2D eigenvalue weighted by Gasteiger charge is -2.09. The number of amides is 1. The van der Waals surface area contributed by atoms with Crippen LogP contribution < -0.4 is 5.32 Å². The summed E-state index contributed by atoms with van der Waals surface area (Å²) < 4.78 is 45.0. The van der Waals surface area contributed by atoms with Gasteiger partial charge >= 0.3 is 6.18 Å². The quantitative estimate of drug-likeness (QED) is 0.930. The number of hydrogen-bond donors (Lipinski definition) is 1. The molecule has 118 valence electrons. The van der Waals surface area contributed by atoms with Crippen molar-refractivity contribution in [1.29, 1.82) is 0 Å². The molecule has 0 radical (unpaired) electrons. The zero-order valence-electron chi connectivity index (χ0n) is 11.4. The summed E-state index contributed by atoms with van der Waals surface area (Å²) >= 11 is 0. The van der Waals surface area contributed by atoms with Gasteiger partial charge in [-0.25, -0.2) is 0 Å². The first kappa shape index (κ1) is 14.8. The second-order valence-corrected chi connectivity index (χ2v) is 5.01. The number of nitrogens with one attached hydrogen (secondary N) is 1. The number of ether oxygens (including phenoxy) is 1. The molecule has 0 saturated carbocycles. The van der Waals surface area contributed by atoms with Gasteiger partial charge in [-0.3, -0.25) is 9.20 Å². The molecule has 3 heterocycles. The van der Waals surface area contributed by atoms with Gasteiger partial charge in [-0.15, -0.1) is 10.2 Å². The lowest BCUT2D eigenvalue weighted by Crippen LogP contribution is -2.31. The predicted molar refractivity (Wildman–Crippen MR) is 68.8 cm³/mol. The SMILES string of the molecule is O=C(NCc1nnc2c(C(F)(F)F)cccn12)C1CCOC1. The third kappa shape index (κ3) is 2.76. The molecule has 1 aliphatic heterocycles. The van der Waals surface area contributed by atoms with Crippen molar-refractivity contribution < 1.29 is 22.7 Å². The summed E-state index contributed by atoms with van der Waals surface area (Å²) in [6.07, 6.45) is -2.42. The van der Waals surface area contributed by atoms with Crippen LogP contribution in [0, 0.1) is 5.92 Å². The number of alkyl halides is 3. The highest BCUT2D eigenvalue weighted by Gasteiger charge is 2.34. The molecule has 2 aromatic heterocycles. The molecule has 1 amide bonds. The van der Waals surface area contributed by atoms with Crippen LogP contribution in [0.3, 0.4) is 0 Å². The zero-order chi connectivity index (χ0) is 15.7. The Morgan fingerprint density at radius 2 is 2.27 bits per heavy atom. The van der Waals surface area contributed by atoms with E-state index in [1.165, 1.54) is 16.7 Å². The number of aromatic nitrogens is 3. The Hall–Kier alpha value is -2.16. The Bertz CT molecular complexity index is 692. The van der Waals surface area contributed by atoms with E-state index >= 15 is 0 Å². The third-order valence-electron chi connectivity index (χ3n) is 3.53. The highest BCUT2D eigenvalue weighted by molar-refractivity contribution is 5.78. The minimum atomic E-state index is -4.50. The highest BCUT2D eigenvalue weighted by Crippen LogP contribution is 2.31. The minimum absolute atomic E-state index is 0.0117. The van der Waals surface area contributed by atoms with E-state index in [4.69, 9.17) is 4.74 Å². The van der Waals surface area contributed by atoms with E-state index in [2.05, 4.69) is 15.5 Å². The van der Waals surface area contributed by atoms with Crippen molar-refractivity contribution in [3.63, 3.8) is 0 Å². The topological polar surface area (TPSA) is 68.5 Å². The molecule has 9 heteroatoms. The molecular weight excluding hydrogens is 301 g/mol. The molecule has 1 unspecified atom stereocenters. The van der Waals surface area contributed by atoms with Gasteiger partial charge in [0, 0.05) is 12.8 Å². The fourth-order valence-electron chi connectivity index (χ4n) is 2.36. The lowest BCUT2D eigenvalue weighted by atomic mass is 10.1. The van der Waals surface area contributed by atoms with E-state index in [0.29, 0.717) is 19.6 Å². The molecule has 1 saturated heterocycles. The fraction of sp³-hybridized carbons (Fsp3) is 0.462. The van der Waals surface area contributed by atoms with E-state index < -0.39 is 11.7 Å². The molecular formula is C13H13F3N4O2. The summed E-state index contributed by atoms with van der Waals surface area (Å²) in [7, 11) is 0.